The van der Waals surface area contributed by atoms with Crippen LogP contribution in [0.4, 0.5) is 0 Å². The highest BCUT2D eigenvalue weighted by molar-refractivity contribution is 4.92. The van der Waals surface area contributed by atoms with Gasteiger partial charge in [-0.3, -0.25) is 0 Å². The molecule has 2 atom stereocenters. The normalized spacial score (nSPS) is 36.0. The van der Waals surface area contributed by atoms with Gasteiger partial charge in [0.2, 0.25) is 0 Å². The van der Waals surface area contributed by atoms with E-state index in [0.29, 0.717) is 6.61 Å². The first-order chi connectivity index (χ1) is 7.35. The van der Waals surface area contributed by atoms with E-state index < -0.39 is 0 Å². The third-order valence-electron chi connectivity index (χ3n) is 4.25. The van der Waals surface area contributed by atoms with Gasteiger partial charge in [-0.1, -0.05) is 0 Å². The van der Waals surface area contributed by atoms with Crippen molar-refractivity contribution in [2.24, 2.45) is 23.5 Å². The van der Waals surface area contributed by atoms with Crippen LogP contribution in [0.5, 0.6) is 0 Å². The Morgan fingerprint density at radius 2 is 1.87 bits per heavy atom. The van der Waals surface area contributed by atoms with Gasteiger partial charge in [-0.2, -0.15) is 0 Å². The molecule has 2 fully saturated rings. The average Bonchev–Trinajstić information content (AvgIpc) is 2.51. The maximum absolute atomic E-state index is 9.06. The summed E-state index contributed by atoms with van der Waals surface area (Å²) >= 11 is 0. The molecule has 0 aromatic rings. The number of aliphatic hydroxyl groups excluding tert-OH is 1. The molecule has 2 bridgehead atoms. The maximum atomic E-state index is 9.06. The first kappa shape index (κ1) is 11.4. The third kappa shape index (κ3) is 2.52. The standard InChI is InChI=1S/C12H24N2O/c13-5-1-6-14-8-10-2-3-11(9-14)12(10)4-7-15/h10-12,15H,1-9,13H2. The van der Waals surface area contributed by atoms with Crippen molar-refractivity contribution in [2.75, 3.05) is 32.8 Å². The summed E-state index contributed by atoms with van der Waals surface area (Å²) in [5, 5.41) is 9.06. The number of fused-ring (bicyclic) bond motifs is 2. The van der Waals surface area contributed by atoms with E-state index in [1.807, 2.05) is 0 Å². The average molecular weight is 212 g/mol. The zero-order valence-electron chi connectivity index (χ0n) is 9.57. The lowest BCUT2D eigenvalue weighted by atomic mass is 9.83. The molecular formula is C12H24N2O. The zero-order valence-corrected chi connectivity index (χ0v) is 9.57. The monoisotopic (exact) mass is 212 g/mol. The third-order valence-corrected chi connectivity index (χ3v) is 4.25. The first-order valence-electron chi connectivity index (χ1n) is 6.38. The van der Waals surface area contributed by atoms with Crippen LogP contribution in [0.15, 0.2) is 0 Å². The van der Waals surface area contributed by atoms with Gasteiger partial charge in [-0.25, -0.2) is 0 Å². The van der Waals surface area contributed by atoms with Crippen molar-refractivity contribution < 1.29 is 5.11 Å². The molecule has 88 valence electrons. The van der Waals surface area contributed by atoms with Crippen LogP contribution in [0.3, 0.4) is 0 Å². The van der Waals surface area contributed by atoms with Gasteiger partial charge in [0.05, 0.1) is 0 Å². The molecule has 2 aliphatic rings. The Hall–Kier alpha value is -0.120. The van der Waals surface area contributed by atoms with Gasteiger partial charge in [-0.15, -0.1) is 0 Å². The van der Waals surface area contributed by atoms with Gasteiger partial charge in [0.15, 0.2) is 0 Å². The zero-order chi connectivity index (χ0) is 10.7. The molecule has 0 radical (unpaired) electrons. The van der Waals surface area contributed by atoms with Crippen molar-refractivity contribution in [2.45, 2.75) is 25.7 Å². The van der Waals surface area contributed by atoms with Gasteiger partial charge in [0, 0.05) is 19.7 Å². The van der Waals surface area contributed by atoms with Crippen molar-refractivity contribution in [3.05, 3.63) is 0 Å². The molecule has 3 heteroatoms. The van der Waals surface area contributed by atoms with Crippen molar-refractivity contribution >= 4 is 0 Å². The van der Waals surface area contributed by atoms with E-state index in [-0.39, 0.29) is 0 Å². The van der Waals surface area contributed by atoms with Gasteiger partial charge in [0.25, 0.3) is 0 Å². The summed E-state index contributed by atoms with van der Waals surface area (Å²) < 4.78 is 0. The molecule has 2 rings (SSSR count). The lowest BCUT2D eigenvalue weighted by Gasteiger charge is -2.37. The summed E-state index contributed by atoms with van der Waals surface area (Å²) in [6.07, 6.45) is 4.92. The lowest BCUT2D eigenvalue weighted by Crippen LogP contribution is -2.42. The summed E-state index contributed by atoms with van der Waals surface area (Å²) in [6, 6.07) is 0. The fraction of sp³-hybridized carbons (Fsp3) is 1.00. The van der Waals surface area contributed by atoms with Gasteiger partial charge >= 0.3 is 0 Å². The maximum Gasteiger partial charge on any atom is 0.0433 e. The Morgan fingerprint density at radius 1 is 1.20 bits per heavy atom. The number of aliphatic hydroxyl groups is 1. The SMILES string of the molecule is NCCCN1CC2CCC(C1)C2CCO. The summed E-state index contributed by atoms with van der Waals surface area (Å²) in [5.74, 6) is 2.52. The minimum absolute atomic E-state index is 0.375. The topological polar surface area (TPSA) is 49.5 Å². The van der Waals surface area contributed by atoms with Crippen LogP contribution in [0, 0.1) is 17.8 Å². The summed E-state index contributed by atoms with van der Waals surface area (Å²) in [6.45, 7) is 4.87. The lowest BCUT2D eigenvalue weighted by molar-refractivity contribution is 0.0896. The molecule has 3 nitrogen and oxygen atoms in total. The van der Waals surface area contributed by atoms with E-state index >= 15 is 0 Å². The number of rotatable bonds is 5. The van der Waals surface area contributed by atoms with Crippen LogP contribution < -0.4 is 5.73 Å². The second kappa shape index (κ2) is 5.28. The Labute approximate surface area is 92.6 Å². The smallest absolute Gasteiger partial charge is 0.0433 e. The molecular weight excluding hydrogens is 188 g/mol. The molecule has 1 aliphatic carbocycles. The fourth-order valence-electron chi connectivity index (χ4n) is 3.55. The van der Waals surface area contributed by atoms with Crippen molar-refractivity contribution in [3.63, 3.8) is 0 Å². The highest BCUT2D eigenvalue weighted by Crippen LogP contribution is 2.43. The Bertz CT molecular complexity index is 184. The number of nitrogens with zero attached hydrogens (tertiary/aromatic N) is 1. The van der Waals surface area contributed by atoms with Crippen LogP contribution in [-0.4, -0.2) is 42.8 Å². The van der Waals surface area contributed by atoms with E-state index in [1.54, 1.807) is 0 Å². The Morgan fingerprint density at radius 3 is 2.40 bits per heavy atom. The molecule has 15 heavy (non-hydrogen) atoms. The summed E-state index contributed by atoms with van der Waals surface area (Å²) in [5.41, 5.74) is 5.55. The minimum Gasteiger partial charge on any atom is -0.396 e. The van der Waals surface area contributed by atoms with Gasteiger partial charge in [0.1, 0.15) is 0 Å². The quantitative estimate of drug-likeness (QED) is 0.704. The van der Waals surface area contributed by atoms with Crippen molar-refractivity contribution in [3.8, 4) is 0 Å². The van der Waals surface area contributed by atoms with E-state index in [4.69, 9.17) is 10.8 Å². The van der Waals surface area contributed by atoms with Crippen molar-refractivity contribution in [1.82, 2.24) is 4.90 Å². The van der Waals surface area contributed by atoms with Gasteiger partial charge < -0.3 is 15.7 Å². The largest absolute Gasteiger partial charge is 0.396 e. The molecule has 0 aromatic carbocycles. The Kier molecular flexibility index (Phi) is 4.00. The van der Waals surface area contributed by atoms with E-state index in [9.17, 15) is 0 Å². The number of nitrogens with two attached hydrogens (primary N) is 1. The van der Waals surface area contributed by atoms with Gasteiger partial charge in [-0.05, 0) is 56.5 Å². The molecule has 1 saturated heterocycles. The number of hydrogen-bond donors (Lipinski definition) is 2. The highest BCUT2D eigenvalue weighted by atomic mass is 16.3. The number of piperidine rings is 1. The summed E-state index contributed by atoms with van der Waals surface area (Å²) in [7, 11) is 0. The number of likely N-dealkylation sites (tertiary alicyclic amines) is 1. The van der Waals surface area contributed by atoms with Crippen LogP contribution in [-0.2, 0) is 0 Å². The predicted octanol–water partition coefficient (Wildman–Crippen LogP) is 0.676. The van der Waals surface area contributed by atoms with Crippen LogP contribution in [0.25, 0.3) is 0 Å². The molecule has 1 heterocycles. The fourth-order valence-corrected chi connectivity index (χ4v) is 3.55. The minimum atomic E-state index is 0.375. The van der Waals surface area contributed by atoms with Crippen LogP contribution in [0.2, 0.25) is 0 Å². The second-order valence-electron chi connectivity index (χ2n) is 5.18. The first-order valence-corrected chi connectivity index (χ1v) is 6.38. The molecule has 1 aliphatic heterocycles. The predicted molar refractivity (Wildman–Crippen MR) is 61.5 cm³/mol. The van der Waals surface area contributed by atoms with E-state index in [2.05, 4.69) is 4.90 Å². The highest BCUT2D eigenvalue weighted by Gasteiger charge is 2.40. The van der Waals surface area contributed by atoms with E-state index in [0.717, 1.165) is 37.1 Å². The molecule has 3 N–H and O–H groups in total. The molecule has 1 saturated carbocycles. The van der Waals surface area contributed by atoms with E-state index in [1.165, 1.54) is 32.5 Å². The van der Waals surface area contributed by atoms with Crippen LogP contribution in [0.1, 0.15) is 25.7 Å². The van der Waals surface area contributed by atoms with Crippen LogP contribution >= 0.6 is 0 Å². The summed E-state index contributed by atoms with van der Waals surface area (Å²) in [4.78, 5) is 2.59. The molecule has 0 aromatic heterocycles. The number of hydrogen-bond acceptors (Lipinski definition) is 3. The Balaban J connectivity index is 1.84. The molecule has 2 unspecified atom stereocenters. The second-order valence-corrected chi connectivity index (χ2v) is 5.18. The van der Waals surface area contributed by atoms with Crippen molar-refractivity contribution in [1.29, 1.82) is 0 Å². The molecule has 0 amide bonds. The molecule has 0 spiro atoms.